The van der Waals surface area contributed by atoms with Gasteiger partial charge in [0.05, 0.1) is 7.11 Å². The number of methoxy groups -OCH3 is 1. The van der Waals surface area contributed by atoms with E-state index in [9.17, 15) is 4.79 Å². The highest BCUT2D eigenvalue weighted by molar-refractivity contribution is 5.66. The van der Waals surface area contributed by atoms with Crippen molar-refractivity contribution in [2.24, 2.45) is 0 Å². The Morgan fingerprint density at radius 1 is 1.40 bits per heavy atom. The number of carboxylic acid groups (broad SMARTS) is 1. The zero-order valence-electron chi connectivity index (χ0n) is 11.1. The van der Waals surface area contributed by atoms with Crippen LogP contribution in [-0.4, -0.2) is 33.4 Å². The van der Waals surface area contributed by atoms with Crippen LogP contribution in [0.2, 0.25) is 0 Å². The molecule has 1 N–H and O–H groups in total. The van der Waals surface area contributed by atoms with Gasteiger partial charge >= 0.3 is 5.97 Å². The molecule has 0 bridgehead atoms. The zero-order chi connectivity index (χ0) is 14.4. The van der Waals surface area contributed by atoms with Gasteiger partial charge < -0.3 is 14.3 Å². The average molecular weight is 277 g/mol. The molecule has 0 amide bonds. The van der Waals surface area contributed by atoms with E-state index in [0.29, 0.717) is 42.5 Å². The van der Waals surface area contributed by atoms with E-state index in [4.69, 9.17) is 14.3 Å². The SMILES string of the molecule is COc1ncccc1-c1nnc(CCCCC(=O)O)o1. The molecular weight excluding hydrogens is 262 g/mol. The summed E-state index contributed by atoms with van der Waals surface area (Å²) in [6.45, 7) is 0. The normalized spacial score (nSPS) is 10.4. The maximum Gasteiger partial charge on any atom is 0.303 e. The molecule has 0 aromatic carbocycles. The fourth-order valence-corrected chi connectivity index (χ4v) is 1.73. The number of carboxylic acids is 1. The van der Waals surface area contributed by atoms with Crippen molar-refractivity contribution >= 4 is 5.97 Å². The van der Waals surface area contributed by atoms with E-state index in [1.807, 2.05) is 0 Å². The highest BCUT2D eigenvalue weighted by Crippen LogP contribution is 2.26. The molecule has 2 aromatic heterocycles. The highest BCUT2D eigenvalue weighted by Gasteiger charge is 2.13. The first-order chi connectivity index (χ1) is 9.70. The van der Waals surface area contributed by atoms with Gasteiger partial charge in [-0.2, -0.15) is 0 Å². The van der Waals surface area contributed by atoms with Gasteiger partial charge in [-0.25, -0.2) is 4.98 Å². The third kappa shape index (κ3) is 3.53. The average Bonchev–Trinajstić information content (AvgIpc) is 2.92. The van der Waals surface area contributed by atoms with E-state index in [-0.39, 0.29) is 6.42 Å². The summed E-state index contributed by atoms with van der Waals surface area (Å²) < 4.78 is 10.7. The Hall–Kier alpha value is -2.44. The highest BCUT2D eigenvalue weighted by atomic mass is 16.5. The lowest BCUT2D eigenvalue weighted by Gasteiger charge is -2.01. The first kappa shape index (κ1) is 14.0. The molecule has 0 aliphatic rings. The second-order valence-corrected chi connectivity index (χ2v) is 4.16. The van der Waals surface area contributed by atoms with Crippen LogP contribution in [0.15, 0.2) is 22.7 Å². The first-order valence-corrected chi connectivity index (χ1v) is 6.24. The van der Waals surface area contributed by atoms with Crippen LogP contribution in [0.1, 0.15) is 25.2 Å². The van der Waals surface area contributed by atoms with Gasteiger partial charge in [0.15, 0.2) is 0 Å². The van der Waals surface area contributed by atoms with Crippen LogP contribution in [-0.2, 0) is 11.2 Å². The van der Waals surface area contributed by atoms with E-state index in [0.717, 1.165) is 0 Å². The molecule has 0 saturated carbocycles. The van der Waals surface area contributed by atoms with Gasteiger partial charge in [0.1, 0.15) is 5.56 Å². The number of aliphatic carboxylic acids is 1. The lowest BCUT2D eigenvalue weighted by atomic mass is 10.2. The molecule has 0 saturated heterocycles. The lowest BCUT2D eigenvalue weighted by Crippen LogP contribution is -1.95. The van der Waals surface area contributed by atoms with Crippen molar-refractivity contribution in [3.05, 3.63) is 24.2 Å². The van der Waals surface area contributed by atoms with Crippen LogP contribution in [0.5, 0.6) is 5.88 Å². The Morgan fingerprint density at radius 2 is 2.25 bits per heavy atom. The summed E-state index contributed by atoms with van der Waals surface area (Å²) in [7, 11) is 1.52. The van der Waals surface area contributed by atoms with E-state index < -0.39 is 5.97 Å². The van der Waals surface area contributed by atoms with Crippen LogP contribution in [0.25, 0.3) is 11.5 Å². The number of rotatable bonds is 7. The topological polar surface area (TPSA) is 98.3 Å². The predicted octanol–water partition coefficient (Wildman–Crippen LogP) is 1.94. The monoisotopic (exact) mass is 277 g/mol. The van der Waals surface area contributed by atoms with Gasteiger partial charge in [0.2, 0.25) is 11.8 Å². The van der Waals surface area contributed by atoms with Gasteiger partial charge in [-0.1, -0.05) is 0 Å². The summed E-state index contributed by atoms with van der Waals surface area (Å²) in [6, 6.07) is 3.54. The maximum absolute atomic E-state index is 10.4. The summed E-state index contributed by atoms with van der Waals surface area (Å²) in [5, 5.41) is 16.4. The van der Waals surface area contributed by atoms with Crippen LogP contribution >= 0.6 is 0 Å². The molecule has 2 aromatic rings. The summed E-state index contributed by atoms with van der Waals surface area (Å²) in [5.41, 5.74) is 0.638. The minimum Gasteiger partial charge on any atom is -0.481 e. The molecule has 0 radical (unpaired) electrons. The van der Waals surface area contributed by atoms with Crippen molar-refractivity contribution in [1.29, 1.82) is 0 Å². The van der Waals surface area contributed by atoms with Crippen molar-refractivity contribution in [1.82, 2.24) is 15.2 Å². The second kappa shape index (κ2) is 6.65. The number of hydrogen-bond donors (Lipinski definition) is 1. The predicted molar refractivity (Wildman–Crippen MR) is 69.3 cm³/mol. The second-order valence-electron chi connectivity index (χ2n) is 4.16. The van der Waals surface area contributed by atoms with Crippen molar-refractivity contribution in [3.8, 4) is 17.3 Å². The smallest absolute Gasteiger partial charge is 0.303 e. The Kier molecular flexibility index (Phi) is 4.65. The van der Waals surface area contributed by atoms with E-state index in [1.165, 1.54) is 7.11 Å². The number of aromatic nitrogens is 3. The Labute approximate surface area is 115 Å². The first-order valence-electron chi connectivity index (χ1n) is 6.24. The standard InChI is InChI=1S/C13H15N3O4/c1-19-12-9(5-4-8-14-12)13-16-15-10(20-13)6-2-3-7-11(17)18/h4-5,8H,2-3,6-7H2,1H3,(H,17,18). The Balaban J connectivity index is 2.00. The molecule has 0 atom stereocenters. The van der Waals surface area contributed by atoms with Gasteiger partial charge in [0, 0.05) is 19.0 Å². The zero-order valence-corrected chi connectivity index (χ0v) is 11.1. The Bertz CT molecular complexity index is 583. The van der Waals surface area contributed by atoms with Gasteiger partial charge in [-0.3, -0.25) is 4.79 Å². The number of ether oxygens (including phenoxy) is 1. The molecule has 0 fully saturated rings. The molecule has 106 valence electrons. The summed E-state index contributed by atoms with van der Waals surface area (Å²) in [5.74, 6) is 0.462. The van der Waals surface area contributed by atoms with Crippen LogP contribution in [0.3, 0.4) is 0 Å². The molecule has 7 nitrogen and oxygen atoms in total. The third-order valence-corrected chi connectivity index (χ3v) is 2.69. The number of unbranched alkanes of at least 4 members (excludes halogenated alkanes) is 1. The molecule has 0 aliphatic heterocycles. The van der Waals surface area contributed by atoms with Crippen LogP contribution in [0.4, 0.5) is 0 Å². The van der Waals surface area contributed by atoms with Crippen molar-refractivity contribution in [2.75, 3.05) is 7.11 Å². The van der Waals surface area contributed by atoms with Crippen molar-refractivity contribution < 1.29 is 19.1 Å². The van der Waals surface area contributed by atoms with Crippen molar-refractivity contribution in [2.45, 2.75) is 25.7 Å². The van der Waals surface area contributed by atoms with Crippen molar-refractivity contribution in [3.63, 3.8) is 0 Å². The molecule has 0 aliphatic carbocycles. The third-order valence-electron chi connectivity index (χ3n) is 2.69. The summed E-state index contributed by atoms with van der Waals surface area (Å²) in [6.07, 6.45) is 3.60. The quantitative estimate of drug-likeness (QED) is 0.772. The molecule has 7 heteroatoms. The number of hydrogen-bond acceptors (Lipinski definition) is 6. The number of aryl methyl sites for hydroxylation is 1. The molecule has 20 heavy (non-hydrogen) atoms. The maximum atomic E-state index is 10.4. The largest absolute Gasteiger partial charge is 0.481 e. The Morgan fingerprint density at radius 3 is 3.00 bits per heavy atom. The lowest BCUT2D eigenvalue weighted by molar-refractivity contribution is -0.137. The number of nitrogens with zero attached hydrogens (tertiary/aromatic N) is 3. The van der Waals surface area contributed by atoms with E-state index in [1.54, 1.807) is 18.3 Å². The number of pyridine rings is 1. The summed E-state index contributed by atoms with van der Waals surface area (Å²) >= 11 is 0. The molecule has 2 rings (SSSR count). The minimum absolute atomic E-state index is 0.150. The fourth-order valence-electron chi connectivity index (χ4n) is 1.73. The summed E-state index contributed by atoms with van der Waals surface area (Å²) in [4.78, 5) is 14.5. The molecule has 2 heterocycles. The molecule has 0 unspecified atom stereocenters. The minimum atomic E-state index is -0.795. The van der Waals surface area contributed by atoms with E-state index in [2.05, 4.69) is 15.2 Å². The molecular formula is C13H15N3O4. The van der Waals surface area contributed by atoms with Crippen LogP contribution in [0, 0.1) is 0 Å². The van der Waals surface area contributed by atoms with E-state index >= 15 is 0 Å². The fraction of sp³-hybridized carbons (Fsp3) is 0.385. The van der Waals surface area contributed by atoms with Gasteiger partial charge in [-0.05, 0) is 25.0 Å². The molecule has 0 spiro atoms. The van der Waals surface area contributed by atoms with Crippen LogP contribution < -0.4 is 4.74 Å². The number of carbonyl (C=O) groups is 1. The van der Waals surface area contributed by atoms with Gasteiger partial charge in [0.25, 0.3) is 5.89 Å². The van der Waals surface area contributed by atoms with Gasteiger partial charge in [-0.15, -0.1) is 10.2 Å².